The molecule has 1 aliphatic rings. The lowest BCUT2D eigenvalue weighted by Gasteiger charge is -2.32. The lowest BCUT2D eigenvalue weighted by molar-refractivity contribution is -0.122. The van der Waals surface area contributed by atoms with Gasteiger partial charge in [-0.3, -0.25) is 9.59 Å². The Hall–Kier alpha value is -3.02. The predicted molar refractivity (Wildman–Crippen MR) is 116 cm³/mol. The number of likely N-dealkylation sites (tertiary alicyclic amines) is 1. The number of nitrogens with one attached hydrogen (secondary N) is 1. The first-order valence-corrected chi connectivity index (χ1v) is 10.5. The summed E-state index contributed by atoms with van der Waals surface area (Å²) in [6.45, 7) is 3.83. The highest BCUT2D eigenvalue weighted by atomic mass is 16.5. The van der Waals surface area contributed by atoms with E-state index >= 15 is 0 Å². The molecule has 3 rings (SSSR count). The Kier molecular flexibility index (Phi) is 7.71. The number of amides is 2. The maximum atomic E-state index is 12.7. The molecule has 0 unspecified atom stereocenters. The van der Waals surface area contributed by atoms with Crippen LogP contribution in [-0.2, 0) is 11.2 Å². The molecule has 2 aromatic rings. The van der Waals surface area contributed by atoms with Gasteiger partial charge in [-0.2, -0.15) is 0 Å². The lowest BCUT2D eigenvalue weighted by Crippen LogP contribution is -2.46. The number of carbonyl (C=O) groups is 2. The molecule has 6 heteroatoms. The number of hydrogen-bond donors (Lipinski definition) is 1. The summed E-state index contributed by atoms with van der Waals surface area (Å²) >= 11 is 0. The van der Waals surface area contributed by atoms with E-state index in [0.717, 1.165) is 29.9 Å². The van der Waals surface area contributed by atoms with Crippen molar-refractivity contribution in [2.75, 3.05) is 26.8 Å². The molecule has 0 aliphatic carbocycles. The van der Waals surface area contributed by atoms with E-state index in [9.17, 15) is 9.59 Å². The summed E-state index contributed by atoms with van der Waals surface area (Å²) in [4.78, 5) is 26.9. The van der Waals surface area contributed by atoms with E-state index in [-0.39, 0.29) is 17.9 Å². The summed E-state index contributed by atoms with van der Waals surface area (Å²) in [5.74, 6) is 1.65. The minimum absolute atomic E-state index is 0.0286. The van der Waals surface area contributed by atoms with E-state index in [1.807, 2.05) is 48.2 Å². The van der Waals surface area contributed by atoms with Gasteiger partial charge in [-0.25, -0.2) is 0 Å². The van der Waals surface area contributed by atoms with Crippen molar-refractivity contribution in [1.29, 1.82) is 0 Å². The molecule has 1 saturated heterocycles. The molecule has 160 valence electrons. The van der Waals surface area contributed by atoms with Gasteiger partial charge in [0.15, 0.2) is 0 Å². The number of ether oxygens (including phenoxy) is 2. The van der Waals surface area contributed by atoms with Crippen LogP contribution in [-0.4, -0.2) is 49.6 Å². The van der Waals surface area contributed by atoms with Gasteiger partial charge in [0.1, 0.15) is 11.5 Å². The lowest BCUT2D eigenvalue weighted by atomic mass is 10.0. The molecule has 0 atom stereocenters. The van der Waals surface area contributed by atoms with E-state index in [1.165, 1.54) is 0 Å². The second-order valence-electron chi connectivity index (χ2n) is 7.44. The van der Waals surface area contributed by atoms with Gasteiger partial charge in [-0.05, 0) is 68.1 Å². The van der Waals surface area contributed by atoms with Crippen molar-refractivity contribution in [3.05, 3.63) is 59.7 Å². The molecule has 2 aromatic carbocycles. The maximum absolute atomic E-state index is 12.7. The third-order valence-corrected chi connectivity index (χ3v) is 5.33. The van der Waals surface area contributed by atoms with Crippen molar-refractivity contribution < 1.29 is 19.1 Å². The molecule has 0 bridgehead atoms. The number of nitrogens with zero attached hydrogens (tertiary/aromatic N) is 1. The second kappa shape index (κ2) is 10.7. The van der Waals surface area contributed by atoms with Crippen molar-refractivity contribution in [1.82, 2.24) is 10.2 Å². The molecule has 0 radical (unpaired) electrons. The van der Waals surface area contributed by atoms with Crippen LogP contribution in [0.3, 0.4) is 0 Å². The van der Waals surface area contributed by atoms with Crippen molar-refractivity contribution >= 4 is 11.8 Å². The fourth-order valence-corrected chi connectivity index (χ4v) is 3.66. The molecule has 2 amide bonds. The fourth-order valence-electron chi connectivity index (χ4n) is 3.66. The van der Waals surface area contributed by atoms with Crippen LogP contribution in [0.1, 0.15) is 42.1 Å². The first-order valence-electron chi connectivity index (χ1n) is 10.5. The first-order chi connectivity index (χ1) is 14.6. The van der Waals surface area contributed by atoms with Gasteiger partial charge in [0.05, 0.1) is 13.7 Å². The number of benzene rings is 2. The Balaban J connectivity index is 1.42. The number of rotatable bonds is 8. The quantitative estimate of drug-likeness (QED) is 0.724. The van der Waals surface area contributed by atoms with Crippen LogP contribution >= 0.6 is 0 Å². The van der Waals surface area contributed by atoms with Crippen LogP contribution in [0.4, 0.5) is 0 Å². The normalized spacial score (nSPS) is 14.3. The minimum Gasteiger partial charge on any atom is -0.497 e. The average Bonchev–Trinajstić information content (AvgIpc) is 2.78. The molecule has 0 aromatic heterocycles. The number of carbonyl (C=O) groups excluding carboxylic acids is 2. The van der Waals surface area contributed by atoms with E-state index in [0.29, 0.717) is 38.1 Å². The molecule has 30 heavy (non-hydrogen) atoms. The molecule has 1 fully saturated rings. The van der Waals surface area contributed by atoms with Gasteiger partial charge in [0, 0.05) is 31.1 Å². The van der Waals surface area contributed by atoms with Gasteiger partial charge >= 0.3 is 0 Å². The molecule has 1 heterocycles. The monoisotopic (exact) mass is 410 g/mol. The smallest absolute Gasteiger partial charge is 0.253 e. The fraction of sp³-hybridized carbons (Fsp3) is 0.417. The third-order valence-electron chi connectivity index (χ3n) is 5.33. The molecule has 0 saturated carbocycles. The van der Waals surface area contributed by atoms with E-state index in [1.54, 1.807) is 19.2 Å². The van der Waals surface area contributed by atoms with Crippen molar-refractivity contribution in [3.63, 3.8) is 0 Å². The van der Waals surface area contributed by atoms with E-state index < -0.39 is 0 Å². The summed E-state index contributed by atoms with van der Waals surface area (Å²) in [7, 11) is 1.64. The van der Waals surface area contributed by atoms with Gasteiger partial charge in [-0.15, -0.1) is 0 Å². The van der Waals surface area contributed by atoms with E-state index in [2.05, 4.69) is 5.32 Å². The van der Waals surface area contributed by atoms with Gasteiger partial charge < -0.3 is 19.7 Å². The average molecular weight is 411 g/mol. The van der Waals surface area contributed by atoms with Gasteiger partial charge in [0.2, 0.25) is 5.91 Å². The zero-order chi connectivity index (χ0) is 21.3. The molecule has 6 nitrogen and oxygen atoms in total. The largest absolute Gasteiger partial charge is 0.497 e. The van der Waals surface area contributed by atoms with Crippen molar-refractivity contribution in [2.45, 2.75) is 38.6 Å². The standard InChI is InChI=1S/C24H30N2O4/c1-3-30-21-10-8-19(9-11-21)24(28)26-15-13-20(14-16-26)25-23(27)12-7-18-5-4-6-22(17-18)29-2/h4-6,8-11,17,20H,3,7,12-16H2,1-2H3,(H,25,27). The summed E-state index contributed by atoms with van der Waals surface area (Å²) in [5.41, 5.74) is 1.75. The Morgan fingerprint density at radius 2 is 1.80 bits per heavy atom. The summed E-state index contributed by atoms with van der Waals surface area (Å²) < 4.78 is 10.6. The number of hydrogen-bond acceptors (Lipinski definition) is 4. The first kappa shape index (κ1) is 21.7. The van der Waals surface area contributed by atoms with Crippen LogP contribution in [0.2, 0.25) is 0 Å². The van der Waals surface area contributed by atoms with Crippen molar-refractivity contribution in [3.8, 4) is 11.5 Å². The Labute approximate surface area is 178 Å². The summed E-state index contributed by atoms with van der Waals surface area (Å²) in [5, 5.41) is 3.11. The Morgan fingerprint density at radius 3 is 2.47 bits per heavy atom. The summed E-state index contributed by atoms with van der Waals surface area (Å²) in [6, 6.07) is 15.2. The predicted octanol–water partition coefficient (Wildman–Crippen LogP) is 3.45. The highest BCUT2D eigenvalue weighted by Crippen LogP contribution is 2.18. The van der Waals surface area contributed by atoms with Crippen LogP contribution in [0, 0.1) is 0 Å². The third kappa shape index (κ3) is 5.99. The van der Waals surface area contributed by atoms with Gasteiger partial charge in [-0.1, -0.05) is 12.1 Å². The van der Waals surface area contributed by atoms with Crippen LogP contribution in [0.15, 0.2) is 48.5 Å². The zero-order valence-electron chi connectivity index (χ0n) is 17.7. The van der Waals surface area contributed by atoms with E-state index in [4.69, 9.17) is 9.47 Å². The number of aryl methyl sites for hydroxylation is 1. The molecule has 0 spiro atoms. The second-order valence-corrected chi connectivity index (χ2v) is 7.44. The molecular weight excluding hydrogens is 380 g/mol. The molecular formula is C24H30N2O4. The van der Waals surface area contributed by atoms with Crippen LogP contribution < -0.4 is 14.8 Å². The highest BCUT2D eigenvalue weighted by Gasteiger charge is 2.24. The van der Waals surface area contributed by atoms with Gasteiger partial charge in [0.25, 0.3) is 5.91 Å². The van der Waals surface area contributed by atoms with Crippen LogP contribution in [0.25, 0.3) is 0 Å². The number of piperidine rings is 1. The Bertz CT molecular complexity index is 843. The van der Waals surface area contributed by atoms with Crippen LogP contribution in [0.5, 0.6) is 11.5 Å². The minimum atomic E-state index is 0.0286. The Morgan fingerprint density at radius 1 is 1.07 bits per heavy atom. The maximum Gasteiger partial charge on any atom is 0.253 e. The topological polar surface area (TPSA) is 67.9 Å². The SMILES string of the molecule is CCOc1ccc(C(=O)N2CCC(NC(=O)CCc3cccc(OC)c3)CC2)cc1. The molecule has 1 N–H and O–H groups in total. The summed E-state index contributed by atoms with van der Waals surface area (Å²) in [6.07, 6.45) is 2.66. The molecule has 1 aliphatic heterocycles. The van der Waals surface area contributed by atoms with Crippen molar-refractivity contribution in [2.24, 2.45) is 0 Å². The highest BCUT2D eigenvalue weighted by molar-refractivity contribution is 5.94. The zero-order valence-corrected chi connectivity index (χ0v) is 17.7. The number of methoxy groups -OCH3 is 1.